The Hall–Kier alpha value is -2.60. The molecule has 0 spiro atoms. The monoisotopic (exact) mass is 355 g/mol. The molecule has 1 aromatic heterocycles. The molecule has 2 aromatic rings. The Morgan fingerprint density at radius 2 is 1.96 bits per heavy atom. The normalized spacial score (nSPS) is 15.6. The first-order chi connectivity index (χ1) is 12.6. The summed E-state index contributed by atoms with van der Waals surface area (Å²) in [5.41, 5.74) is 1.42. The van der Waals surface area contributed by atoms with Crippen molar-refractivity contribution in [1.82, 2.24) is 14.8 Å². The summed E-state index contributed by atoms with van der Waals surface area (Å²) in [5, 5.41) is 3.05. The molecule has 1 amide bonds. The number of nitrogens with one attached hydrogen (secondary N) is 1. The SMILES string of the molecule is COc1ccccc1CN1CCC(NC(=O)c2ccn(C)c(=O)c2)CC1. The van der Waals surface area contributed by atoms with Gasteiger partial charge in [-0.3, -0.25) is 14.5 Å². The molecule has 6 heteroatoms. The molecule has 1 aromatic carbocycles. The van der Waals surface area contributed by atoms with Crippen LogP contribution < -0.4 is 15.6 Å². The van der Waals surface area contributed by atoms with Gasteiger partial charge in [0.05, 0.1) is 7.11 Å². The van der Waals surface area contributed by atoms with Crippen LogP contribution in [0.5, 0.6) is 5.75 Å². The third-order valence-electron chi connectivity index (χ3n) is 4.88. The molecule has 138 valence electrons. The van der Waals surface area contributed by atoms with Gasteiger partial charge in [-0.2, -0.15) is 0 Å². The van der Waals surface area contributed by atoms with Gasteiger partial charge in [0.2, 0.25) is 0 Å². The van der Waals surface area contributed by atoms with Gasteiger partial charge in [-0.25, -0.2) is 0 Å². The average molecular weight is 355 g/mol. The standard InChI is InChI=1S/C20H25N3O3/c1-22-10-7-15(13-19(22)24)20(25)21-17-8-11-23(12-9-17)14-16-5-3-4-6-18(16)26-2/h3-7,10,13,17H,8-9,11-12,14H2,1-2H3,(H,21,25). The Labute approximate surface area is 153 Å². The van der Waals surface area contributed by atoms with Crippen LogP contribution in [-0.2, 0) is 13.6 Å². The zero-order valence-electron chi connectivity index (χ0n) is 15.3. The fraction of sp³-hybridized carbons (Fsp3) is 0.400. The molecule has 0 unspecified atom stereocenters. The van der Waals surface area contributed by atoms with Crippen LogP contribution in [0.3, 0.4) is 0 Å². The highest BCUT2D eigenvalue weighted by molar-refractivity contribution is 5.94. The fourth-order valence-corrected chi connectivity index (χ4v) is 3.27. The van der Waals surface area contributed by atoms with Crippen molar-refractivity contribution < 1.29 is 9.53 Å². The zero-order chi connectivity index (χ0) is 18.5. The second-order valence-corrected chi connectivity index (χ2v) is 6.70. The molecule has 0 bridgehead atoms. The van der Waals surface area contributed by atoms with Crippen LogP contribution in [0, 0.1) is 0 Å². The van der Waals surface area contributed by atoms with E-state index in [2.05, 4.69) is 16.3 Å². The van der Waals surface area contributed by atoms with Gasteiger partial charge in [-0.05, 0) is 25.0 Å². The molecule has 1 saturated heterocycles. The minimum absolute atomic E-state index is 0.139. The first-order valence-corrected chi connectivity index (χ1v) is 8.88. The van der Waals surface area contributed by atoms with Gasteiger partial charge in [0, 0.05) is 56.1 Å². The number of likely N-dealkylation sites (tertiary alicyclic amines) is 1. The maximum atomic E-state index is 12.3. The molecule has 1 N–H and O–H groups in total. The topological polar surface area (TPSA) is 63.6 Å². The Kier molecular flexibility index (Phi) is 5.73. The average Bonchev–Trinajstić information content (AvgIpc) is 2.66. The summed E-state index contributed by atoms with van der Waals surface area (Å²) in [5.74, 6) is 0.736. The fourth-order valence-electron chi connectivity index (χ4n) is 3.27. The molecule has 0 saturated carbocycles. The Bertz CT molecular complexity index is 823. The molecule has 1 aliphatic heterocycles. The van der Waals surface area contributed by atoms with E-state index in [1.54, 1.807) is 26.4 Å². The summed E-state index contributed by atoms with van der Waals surface area (Å²) in [6, 6.07) is 11.3. The summed E-state index contributed by atoms with van der Waals surface area (Å²) >= 11 is 0. The number of nitrogens with zero attached hydrogens (tertiary/aromatic N) is 2. The summed E-state index contributed by atoms with van der Waals surface area (Å²) in [6.45, 7) is 2.68. The maximum Gasteiger partial charge on any atom is 0.251 e. The number of carbonyl (C=O) groups excluding carboxylic acids is 1. The van der Waals surface area contributed by atoms with Crippen molar-refractivity contribution in [3.63, 3.8) is 0 Å². The quantitative estimate of drug-likeness (QED) is 0.888. The lowest BCUT2D eigenvalue weighted by atomic mass is 10.0. The van der Waals surface area contributed by atoms with Crippen LogP contribution >= 0.6 is 0 Å². The van der Waals surface area contributed by atoms with E-state index < -0.39 is 0 Å². The summed E-state index contributed by atoms with van der Waals surface area (Å²) in [6.07, 6.45) is 3.41. The Morgan fingerprint density at radius 3 is 2.65 bits per heavy atom. The molecule has 1 aliphatic rings. The molecular weight excluding hydrogens is 330 g/mol. The first kappa shape index (κ1) is 18.2. The van der Waals surface area contributed by atoms with Crippen molar-refractivity contribution in [2.75, 3.05) is 20.2 Å². The van der Waals surface area contributed by atoms with E-state index in [-0.39, 0.29) is 17.5 Å². The van der Waals surface area contributed by atoms with E-state index in [0.717, 1.165) is 38.2 Å². The van der Waals surface area contributed by atoms with Gasteiger partial charge in [-0.1, -0.05) is 18.2 Å². The number of hydrogen-bond acceptors (Lipinski definition) is 4. The number of rotatable bonds is 5. The molecule has 6 nitrogen and oxygen atoms in total. The van der Waals surface area contributed by atoms with E-state index >= 15 is 0 Å². The molecule has 2 heterocycles. The molecule has 0 aliphatic carbocycles. The van der Waals surface area contributed by atoms with Gasteiger partial charge < -0.3 is 14.6 Å². The van der Waals surface area contributed by atoms with Gasteiger partial charge in [0.15, 0.2) is 0 Å². The van der Waals surface area contributed by atoms with Crippen molar-refractivity contribution in [3.05, 3.63) is 64.1 Å². The predicted molar refractivity (Wildman–Crippen MR) is 100 cm³/mol. The summed E-state index contributed by atoms with van der Waals surface area (Å²) in [4.78, 5) is 26.4. The number of hydrogen-bond donors (Lipinski definition) is 1. The minimum atomic E-state index is -0.177. The highest BCUT2D eigenvalue weighted by atomic mass is 16.5. The third-order valence-corrected chi connectivity index (χ3v) is 4.88. The smallest absolute Gasteiger partial charge is 0.251 e. The maximum absolute atomic E-state index is 12.3. The number of aromatic nitrogens is 1. The number of aryl methyl sites for hydroxylation is 1. The lowest BCUT2D eigenvalue weighted by Gasteiger charge is -2.32. The lowest BCUT2D eigenvalue weighted by molar-refractivity contribution is 0.0908. The molecule has 1 fully saturated rings. The second kappa shape index (κ2) is 8.19. The number of piperidine rings is 1. The van der Waals surface area contributed by atoms with E-state index in [9.17, 15) is 9.59 Å². The highest BCUT2D eigenvalue weighted by Gasteiger charge is 2.22. The largest absolute Gasteiger partial charge is 0.496 e. The van der Waals surface area contributed by atoms with Crippen molar-refractivity contribution in [3.8, 4) is 5.75 Å². The van der Waals surface area contributed by atoms with Gasteiger partial charge in [-0.15, -0.1) is 0 Å². The predicted octanol–water partition coefficient (Wildman–Crippen LogP) is 1.79. The van der Waals surface area contributed by atoms with Crippen LogP contribution in [0.15, 0.2) is 47.4 Å². The second-order valence-electron chi connectivity index (χ2n) is 6.70. The minimum Gasteiger partial charge on any atom is -0.496 e. The number of ether oxygens (including phenoxy) is 1. The van der Waals surface area contributed by atoms with Crippen molar-refractivity contribution in [2.24, 2.45) is 7.05 Å². The zero-order valence-corrected chi connectivity index (χ0v) is 15.3. The van der Waals surface area contributed by atoms with Crippen molar-refractivity contribution in [2.45, 2.75) is 25.4 Å². The summed E-state index contributed by atoms with van der Waals surface area (Å²) < 4.78 is 6.87. The summed E-state index contributed by atoms with van der Waals surface area (Å²) in [7, 11) is 3.36. The van der Waals surface area contributed by atoms with Crippen molar-refractivity contribution in [1.29, 1.82) is 0 Å². The molecule has 26 heavy (non-hydrogen) atoms. The molecular formula is C20H25N3O3. The lowest BCUT2D eigenvalue weighted by Crippen LogP contribution is -2.44. The number of para-hydroxylation sites is 1. The van der Waals surface area contributed by atoms with Gasteiger partial charge in [0.25, 0.3) is 11.5 Å². The van der Waals surface area contributed by atoms with Crippen LogP contribution in [0.2, 0.25) is 0 Å². The number of carbonyl (C=O) groups is 1. The van der Waals surface area contributed by atoms with E-state index in [0.29, 0.717) is 5.56 Å². The van der Waals surface area contributed by atoms with Crippen LogP contribution in [-0.4, -0.2) is 41.6 Å². The van der Waals surface area contributed by atoms with Crippen LogP contribution in [0.1, 0.15) is 28.8 Å². The molecule has 0 atom stereocenters. The number of methoxy groups -OCH3 is 1. The highest BCUT2D eigenvalue weighted by Crippen LogP contribution is 2.21. The first-order valence-electron chi connectivity index (χ1n) is 8.88. The number of pyridine rings is 1. The van der Waals surface area contributed by atoms with Gasteiger partial charge in [0.1, 0.15) is 5.75 Å². The van der Waals surface area contributed by atoms with Gasteiger partial charge >= 0.3 is 0 Å². The van der Waals surface area contributed by atoms with E-state index in [1.807, 2.05) is 18.2 Å². The van der Waals surface area contributed by atoms with Crippen LogP contribution in [0.25, 0.3) is 0 Å². The Morgan fingerprint density at radius 1 is 1.23 bits per heavy atom. The Balaban J connectivity index is 1.52. The number of amides is 1. The van der Waals surface area contributed by atoms with Crippen LogP contribution in [0.4, 0.5) is 0 Å². The van der Waals surface area contributed by atoms with E-state index in [4.69, 9.17) is 4.74 Å². The number of benzene rings is 1. The van der Waals surface area contributed by atoms with Crippen molar-refractivity contribution >= 4 is 5.91 Å². The third kappa shape index (κ3) is 4.32. The molecule has 0 radical (unpaired) electrons. The molecule has 3 rings (SSSR count). The van der Waals surface area contributed by atoms with E-state index in [1.165, 1.54) is 16.2 Å².